The SMILES string of the molecule is CCOC(=O)CCC(=O)c1cc2cc(Br)c(OC)cc2s1.COc1cc2sc(C(=O)Cl)cc2cc1Br.O=C(O)c1cccs1.[CH2-]CC(=O)OCC.[Cu].[Zn+][Br]. The summed E-state index contributed by atoms with van der Waals surface area (Å²) in [6.07, 6.45) is 0.520. The molecule has 3 aromatic heterocycles. The quantitative estimate of drug-likeness (QED) is 0.0446. The third kappa shape index (κ3) is 18.0. The molecule has 1 radical (unpaired) electrons. The Hall–Kier alpha value is -1.72. The molecular formula is C35H34Br3ClCuO10S3Zn. The number of carboxylic acid groups (broad SMARTS) is 1. The second kappa shape index (κ2) is 28.6. The first-order chi connectivity index (χ1) is 25.3. The van der Waals surface area contributed by atoms with E-state index in [9.17, 15) is 24.0 Å². The van der Waals surface area contributed by atoms with E-state index in [4.69, 9.17) is 30.9 Å². The molecule has 293 valence electrons. The predicted molar refractivity (Wildman–Crippen MR) is 219 cm³/mol. The van der Waals surface area contributed by atoms with Gasteiger partial charge in [0.25, 0.3) is 11.2 Å². The standard InChI is InChI=1S/C15H15BrO4S.C10H6BrClO2S.C5H4O2S.C5H9O2.BrH.Cu.Zn/c1-3-20-15(18)5-4-11(17)14-7-9-6-10(16)12(19-2)8-13(9)21-14;1-14-7-4-8-5(2-6(7)11)3-9(15-8)10(12)13;6-5(7)4-2-1-3-8-4;1-3-5(6)7-4-2;;;/h6-8H,3-5H2,1-2H3;2-4H,1H3;1-3H,(H,6,7);1,3-4H2,2H3;1H;;/q;;;-1;;;+2/p-1. The number of Topliss-reactive ketones (excluding diaryl/α,β-unsaturated/α-hetero) is 1. The van der Waals surface area contributed by atoms with E-state index in [-0.39, 0.29) is 54.1 Å². The van der Waals surface area contributed by atoms with Crippen molar-refractivity contribution in [2.24, 2.45) is 0 Å². The molecule has 0 aliphatic rings. The number of ether oxygens (including phenoxy) is 4. The van der Waals surface area contributed by atoms with Crippen molar-refractivity contribution >= 4 is 140 Å². The number of esters is 2. The summed E-state index contributed by atoms with van der Waals surface area (Å²) in [5.41, 5.74) is 0. The number of methoxy groups -OCH3 is 2. The van der Waals surface area contributed by atoms with Crippen LogP contribution in [0.15, 0.2) is 62.9 Å². The molecule has 19 heteroatoms. The number of hydrogen-bond donors (Lipinski definition) is 1. The average molecular weight is 1110 g/mol. The zero-order chi connectivity index (χ0) is 40.1. The predicted octanol–water partition coefficient (Wildman–Crippen LogP) is 11.3. The fraction of sp³-hybridized carbons (Fsp3) is 0.257. The summed E-state index contributed by atoms with van der Waals surface area (Å²) in [4.78, 5) is 56.2. The average Bonchev–Trinajstić information content (AvgIpc) is 3.92. The van der Waals surface area contributed by atoms with Gasteiger partial charge >= 0.3 is 41.9 Å². The van der Waals surface area contributed by atoms with Crippen LogP contribution in [0.1, 0.15) is 62.1 Å². The van der Waals surface area contributed by atoms with E-state index in [1.807, 2.05) is 30.3 Å². The second-order valence-corrected chi connectivity index (χ2v) is 14.8. The van der Waals surface area contributed by atoms with Crippen LogP contribution >= 0.6 is 91.1 Å². The molecule has 0 saturated heterocycles. The molecule has 0 unspecified atom stereocenters. The van der Waals surface area contributed by atoms with Gasteiger partial charge in [0, 0.05) is 32.9 Å². The number of halogens is 4. The van der Waals surface area contributed by atoms with Crippen molar-refractivity contribution in [3.63, 3.8) is 0 Å². The number of aromatic carboxylic acids is 1. The van der Waals surface area contributed by atoms with Gasteiger partial charge in [-0.15, -0.1) is 34.0 Å². The van der Waals surface area contributed by atoms with Crippen molar-refractivity contribution in [2.45, 2.75) is 33.1 Å². The molecule has 1 N–H and O–H groups in total. The van der Waals surface area contributed by atoms with Crippen LogP contribution in [-0.2, 0) is 52.5 Å². The molecule has 0 spiro atoms. The van der Waals surface area contributed by atoms with Gasteiger partial charge in [-0.25, -0.2) is 4.79 Å². The van der Waals surface area contributed by atoms with Gasteiger partial charge < -0.3 is 31.0 Å². The zero-order valence-corrected chi connectivity index (χ0v) is 41.2. The van der Waals surface area contributed by atoms with Crippen molar-refractivity contribution in [3.05, 3.63) is 84.4 Å². The number of ketones is 1. The fourth-order valence-corrected chi connectivity index (χ4v) is 7.56. The van der Waals surface area contributed by atoms with E-state index in [1.54, 1.807) is 51.6 Å². The third-order valence-electron chi connectivity index (χ3n) is 6.15. The van der Waals surface area contributed by atoms with E-state index < -0.39 is 11.2 Å². The number of carbonyl (C=O) groups excluding carboxylic acids is 4. The molecule has 0 saturated carbocycles. The molecule has 0 aliphatic carbocycles. The minimum absolute atomic E-state index is 0. The van der Waals surface area contributed by atoms with E-state index in [1.165, 1.54) is 50.4 Å². The summed E-state index contributed by atoms with van der Waals surface area (Å²) in [7, 11) is 3.21. The number of fused-ring (bicyclic) bond motifs is 2. The van der Waals surface area contributed by atoms with Crippen LogP contribution in [-0.4, -0.2) is 61.5 Å². The first-order valence-corrected chi connectivity index (χ1v) is 26.6. The van der Waals surface area contributed by atoms with Crippen molar-refractivity contribution in [1.29, 1.82) is 0 Å². The molecular weight excluding hydrogens is 1080 g/mol. The van der Waals surface area contributed by atoms with Crippen LogP contribution in [0.2, 0.25) is 0 Å². The van der Waals surface area contributed by atoms with E-state index in [2.05, 4.69) is 57.1 Å². The Labute approximate surface area is 374 Å². The summed E-state index contributed by atoms with van der Waals surface area (Å²) in [5.74, 6) is 0.0195. The molecule has 54 heavy (non-hydrogen) atoms. The Morgan fingerprint density at radius 3 is 1.63 bits per heavy atom. The van der Waals surface area contributed by atoms with Crippen molar-refractivity contribution in [1.82, 2.24) is 0 Å². The molecule has 0 aliphatic heterocycles. The Morgan fingerprint density at radius 1 is 0.778 bits per heavy atom. The van der Waals surface area contributed by atoms with Crippen LogP contribution in [0.4, 0.5) is 0 Å². The van der Waals surface area contributed by atoms with Gasteiger partial charge in [-0.1, -0.05) is 12.5 Å². The Morgan fingerprint density at radius 2 is 1.26 bits per heavy atom. The van der Waals surface area contributed by atoms with Gasteiger partial charge in [0.05, 0.1) is 52.6 Å². The van der Waals surface area contributed by atoms with Crippen LogP contribution in [0.25, 0.3) is 20.2 Å². The number of thiophene rings is 3. The Bertz CT molecular complexity index is 1960. The maximum absolute atomic E-state index is 12.1. The molecule has 0 amide bonds. The molecule has 0 fully saturated rings. The van der Waals surface area contributed by atoms with Gasteiger partial charge in [0.1, 0.15) is 16.4 Å². The van der Waals surface area contributed by atoms with Crippen molar-refractivity contribution < 1.29 is 81.4 Å². The topological polar surface area (TPSA) is 142 Å². The molecule has 5 rings (SSSR count). The Kier molecular flexibility index (Phi) is 27.7. The summed E-state index contributed by atoms with van der Waals surface area (Å²) in [6.45, 7) is 7.64. The van der Waals surface area contributed by atoms with Crippen LogP contribution < -0.4 is 9.47 Å². The summed E-state index contributed by atoms with van der Waals surface area (Å²) in [6, 6.07) is 14.5. The number of carbonyl (C=O) groups is 5. The second-order valence-electron chi connectivity index (χ2n) is 9.61. The van der Waals surface area contributed by atoms with Crippen LogP contribution in [0.3, 0.4) is 0 Å². The minimum atomic E-state index is -0.847. The number of carboxylic acids is 1. The molecule has 10 nitrogen and oxygen atoms in total. The van der Waals surface area contributed by atoms with Crippen molar-refractivity contribution in [3.8, 4) is 11.5 Å². The molecule has 0 bridgehead atoms. The van der Waals surface area contributed by atoms with Gasteiger partial charge in [0.15, 0.2) is 5.78 Å². The molecule has 2 aromatic carbocycles. The third-order valence-corrected chi connectivity index (χ3v) is 10.8. The number of rotatable bonds is 11. The van der Waals surface area contributed by atoms with E-state index in [0.717, 1.165) is 40.6 Å². The first-order valence-electron chi connectivity index (χ1n) is 15.2. The van der Waals surface area contributed by atoms with Crippen LogP contribution in [0.5, 0.6) is 11.5 Å². The summed E-state index contributed by atoms with van der Waals surface area (Å²) in [5, 5.41) is 11.6. The monoisotopic (exact) mass is 1110 g/mol. The zero-order valence-electron chi connectivity index (χ0n) is 29.3. The summed E-state index contributed by atoms with van der Waals surface area (Å²) < 4.78 is 23.4. The number of benzene rings is 2. The van der Waals surface area contributed by atoms with Crippen LogP contribution in [0, 0.1) is 6.92 Å². The van der Waals surface area contributed by atoms with Gasteiger partial charge in [0.2, 0.25) is 0 Å². The molecule has 5 aromatic rings. The number of hydrogen-bond acceptors (Lipinski definition) is 12. The van der Waals surface area contributed by atoms with E-state index >= 15 is 0 Å². The fourth-order valence-electron chi connectivity index (χ4n) is 3.83. The molecule has 0 atom stereocenters. The van der Waals surface area contributed by atoms with Crippen molar-refractivity contribution in [2.75, 3.05) is 27.4 Å². The normalized spacial score (nSPS) is 9.61. The Balaban J connectivity index is 0.000000741. The maximum atomic E-state index is 12.1. The summed E-state index contributed by atoms with van der Waals surface area (Å²) >= 11 is 20.5. The van der Waals surface area contributed by atoms with Gasteiger partial charge in [-0.3, -0.25) is 19.2 Å². The van der Waals surface area contributed by atoms with Gasteiger partial charge in [-0.2, -0.15) is 0 Å². The molecule has 3 heterocycles. The first kappa shape index (κ1) is 52.3. The van der Waals surface area contributed by atoms with Gasteiger partial charge in [-0.05, 0) is 116 Å². The van der Waals surface area contributed by atoms with E-state index in [0.29, 0.717) is 27.8 Å².